The van der Waals surface area contributed by atoms with Crippen LogP contribution in [0.2, 0.25) is 0 Å². The number of hydrogen-bond donors (Lipinski definition) is 0. The molecular weight excluding hydrogens is 514 g/mol. The smallest absolute Gasteiger partial charge is 0.0945 e. The van der Waals surface area contributed by atoms with Gasteiger partial charge in [0.15, 0.2) is 0 Å². The molecule has 0 N–H and O–H groups in total. The Morgan fingerprint density at radius 2 is 0.600 bits per heavy atom. The molecule has 0 aromatic heterocycles. The topological polar surface area (TPSA) is 57.2 Å². The second kappa shape index (κ2) is 31.8. The monoisotopic (exact) mass is 590 g/mol. The van der Waals surface area contributed by atoms with E-state index in [2.05, 4.69) is 27.7 Å². The summed E-state index contributed by atoms with van der Waals surface area (Å²) in [5, 5.41) is 0. The summed E-state index contributed by atoms with van der Waals surface area (Å²) >= 11 is 0. The first kappa shape index (κ1) is 42.0. The molecule has 0 radical (unpaired) electrons. The predicted molar refractivity (Wildman–Crippen MR) is 178 cm³/mol. The van der Waals surface area contributed by atoms with Gasteiger partial charge in [0.25, 0.3) is 0 Å². The third kappa shape index (κ3) is 32.4. The molecule has 4 nitrogen and oxygen atoms in total. The van der Waals surface area contributed by atoms with Crippen LogP contribution in [0.5, 0.6) is 0 Å². The Morgan fingerprint density at radius 3 is 0.775 bits per heavy atom. The maximum Gasteiger partial charge on any atom is 0.0945 e. The number of rotatable bonds is 30. The van der Waals surface area contributed by atoms with E-state index in [1.54, 1.807) is 6.92 Å². The molecule has 0 aromatic rings. The van der Waals surface area contributed by atoms with E-state index in [0.717, 1.165) is 0 Å². The molecule has 0 unspecified atom stereocenters. The quantitative estimate of drug-likeness (QED) is 0.0475. The highest BCUT2D eigenvalue weighted by molar-refractivity contribution is 7.85. The normalized spacial score (nSPS) is 11.9. The minimum atomic E-state index is -3.92. The highest BCUT2D eigenvalue weighted by Gasteiger charge is 2.25. The predicted octanol–water partition coefficient (Wildman–Crippen LogP) is 11.2. The van der Waals surface area contributed by atoms with Crippen LogP contribution in [-0.4, -0.2) is 49.4 Å². The van der Waals surface area contributed by atoms with E-state index in [1.165, 1.54) is 185 Å². The fourth-order valence-corrected chi connectivity index (χ4v) is 6.33. The van der Waals surface area contributed by atoms with Gasteiger partial charge >= 0.3 is 0 Å². The van der Waals surface area contributed by atoms with E-state index in [9.17, 15) is 13.0 Å². The molecule has 0 aromatic carbocycles. The molecule has 5 heteroatoms. The van der Waals surface area contributed by atoms with Crippen LogP contribution in [0.1, 0.15) is 195 Å². The molecule has 0 aliphatic heterocycles. The molecule has 0 saturated carbocycles. The second-order valence-corrected chi connectivity index (χ2v) is 14.1. The zero-order valence-electron chi connectivity index (χ0n) is 28.3. The SMILES string of the molecule is CCCCCCCC[N+](CCCCCCCC)(CCCCCCCC)CCCCCCCC.CCCS(=O)(=O)[O-]. The zero-order valence-corrected chi connectivity index (χ0v) is 29.1. The van der Waals surface area contributed by atoms with Crippen molar-refractivity contribution >= 4 is 10.1 Å². The van der Waals surface area contributed by atoms with Crippen molar-refractivity contribution < 1.29 is 17.5 Å². The van der Waals surface area contributed by atoms with Crippen molar-refractivity contribution in [2.24, 2.45) is 0 Å². The molecule has 0 spiro atoms. The molecule has 0 aliphatic carbocycles. The van der Waals surface area contributed by atoms with Gasteiger partial charge in [0.05, 0.1) is 36.3 Å². The van der Waals surface area contributed by atoms with E-state index in [4.69, 9.17) is 0 Å². The fraction of sp³-hybridized carbons (Fsp3) is 1.00. The summed E-state index contributed by atoms with van der Waals surface area (Å²) in [7, 11) is -3.92. The summed E-state index contributed by atoms with van der Waals surface area (Å²) in [5.74, 6) is -0.243. The Balaban J connectivity index is 0. The van der Waals surface area contributed by atoms with Gasteiger partial charge in [-0.15, -0.1) is 0 Å². The van der Waals surface area contributed by atoms with Crippen LogP contribution in [-0.2, 0) is 10.1 Å². The average molecular weight is 590 g/mol. The maximum absolute atomic E-state index is 9.68. The number of hydrogen-bond acceptors (Lipinski definition) is 3. The third-order valence-electron chi connectivity index (χ3n) is 8.40. The van der Waals surface area contributed by atoms with Crippen molar-refractivity contribution in [2.75, 3.05) is 31.9 Å². The summed E-state index contributed by atoms with van der Waals surface area (Å²) in [6.07, 6.45) is 35.2. The van der Waals surface area contributed by atoms with Gasteiger partial charge < -0.3 is 9.04 Å². The van der Waals surface area contributed by atoms with Gasteiger partial charge in [-0.2, -0.15) is 0 Å². The van der Waals surface area contributed by atoms with Gasteiger partial charge in [-0.3, -0.25) is 0 Å². The summed E-state index contributed by atoms with van der Waals surface area (Å²) < 4.78 is 30.5. The van der Waals surface area contributed by atoms with Crippen LogP contribution in [0.25, 0.3) is 0 Å². The molecule has 0 saturated heterocycles. The Labute approximate surface area is 254 Å². The van der Waals surface area contributed by atoms with Crippen molar-refractivity contribution in [3.63, 3.8) is 0 Å². The molecule has 0 aliphatic rings. The molecule has 0 heterocycles. The molecule has 0 amide bonds. The third-order valence-corrected chi connectivity index (χ3v) is 9.31. The Kier molecular flexibility index (Phi) is 33.4. The number of nitrogens with zero attached hydrogens (tertiary/aromatic N) is 1. The molecule has 244 valence electrons. The lowest BCUT2D eigenvalue weighted by Gasteiger charge is -2.40. The van der Waals surface area contributed by atoms with Crippen LogP contribution >= 0.6 is 0 Å². The second-order valence-electron chi connectivity index (χ2n) is 12.6. The number of quaternary nitrogens is 1. The van der Waals surface area contributed by atoms with Crippen LogP contribution in [0.4, 0.5) is 0 Å². The molecule has 0 bridgehead atoms. The van der Waals surface area contributed by atoms with Gasteiger partial charge in [0.1, 0.15) is 0 Å². The minimum Gasteiger partial charge on any atom is -0.748 e. The summed E-state index contributed by atoms with van der Waals surface area (Å²) in [5.41, 5.74) is 0. The van der Waals surface area contributed by atoms with Crippen LogP contribution in [0.3, 0.4) is 0 Å². The Hall–Kier alpha value is -0.130. The van der Waals surface area contributed by atoms with Crippen molar-refractivity contribution in [3.8, 4) is 0 Å². The van der Waals surface area contributed by atoms with Crippen LogP contribution in [0, 0.1) is 0 Å². The molecule has 0 atom stereocenters. The molecule has 40 heavy (non-hydrogen) atoms. The maximum atomic E-state index is 9.68. The Morgan fingerprint density at radius 1 is 0.375 bits per heavy atom. The lowest BCUT2D eigenvalue weighted by atomic mass is 10.0. The highest BCUT2D eigenvalue weighted by Crippen LogP contribution is 2.20. The summed E-state index contributed by atoms with van der Waals surface area (Å²) in [6, 6.07) is 0. The standard InChI is InChI=1S/C32H68N.C3H8O3S/c1-5-9-13-17-21-25-29-33(30-26-22-18-14-10-6-2,31-27-23-19-15-11-7-3)32-28-24-20-16-12-8-4;1-2-3-7(4,5)6/h5-32H2,1-4H3;2-3H2,1H3,(H,4,5,6)/q+1;/p-1. The Bertz CT molecular complexity index is 510. The first-order valence-corrected chi connectivity index (χ1v) is 19.7. The van der Waals surface area contributed by atoms with Gasteiger partial charge in [-0.25, -0.2) is 8.42 Å². The average Bonchev–Trinajstić information content (AvgIpc) is 2.91. The first-order valence-electron chi connectivity index (χ1n) is 18.1. The molecule has 0 rings (SSSR count). The number of unbranched alkanes of at least 4 members (excludes halogenated alkanes) is 20. The highest BCUT2D eigenvalue weighted by atomic mass is 32.2. The minimum absolute atomic E-state index is 0.243. The van der Waals surface area contributed by atoms with E-state index in [0.29, 0.717) is 6.42 Å². The van der Waals surface area contributed by atoms with Crippen molar-refractivity contribution in [1.29, 1.82) is 0 Å². The largest absolute Gasteiger partial charge is 0.748 e. The van der Waals surface area contributed by atoms with E-state index in [1.807, 2.05) is 0 Å². The lowest BCUT2D eigenvalue weighted by Crippen LogP contribution is -2.50. The lowest BCUT2D eigenvalue weighted by molar-refractivity contribution is -0.929. The fourth-order valence-electron chi connectivity index (χ4n) is 5.83. The van der Waals surface area contributed by atoms with Gasteiger partial charge in [-0.1, -0.05) is 137 Å². The van der Waals surface area contributed by atoms with Gasteiger partial charge in [0.2, 0.25) is 0 Å². The first-order chi connectivity index (χ1) is 19.3. The van der Waals surface area contributed by atoms with Gasteiger partial charge in [0, 0.05) is 5.75 Å². The molecular formula is C35H75NO3S. The zero-order chi connectivity index (χ0) is 30.2. The van der Waals surface area contributed by atoms with E-state index in [-0.39, 0.29) is 5.75 Å². The van der Waals surface area contributed by atoms with E-state index < -0.39 is 10.1 Å². The van der Waals surface area contributed by atoms with Gasteiger partial charge in [-0.05, 0) is 57.8 Å². The van der Waals surface area contributed by atoms with E-state index >= 15 is 0 Å². The molecule has 0 fully saturated rings. The van der Waals surface area contributed by atoms with Crippen molar-refractivity contribution in [2.45, 2.75) is 195 Å². The van der Waals surface area contributed by atoms with Crippen LogP contribution < -0.4 is 0 Å². The van der Waals surface area contributed by atoms with Crippen LogP contribution in [0.15, 0.2) is 0 Å². The summed E-state index contributed by atoms with van der Waals surface area (Å²) in [6.45, 7) is 16.9. The van der Waals surface area contributed by atoms with Crippen molar-refractivity contribution in [1.82, 2.24) is 0 Å². The van der Waals surface area contributed by atoms with Crippen molar-refractivity contribution in [3.05, 3.63) is 0 Å². The summed E-state index contributed by atoms with van der Waals surface area (Å²) in [4.78, 5) is 0.